The van der Waals surface area contributed by atoms with Crippen molar-refractivity contribution in [1.82, 2.24) is 24.2 Å². The Hall–Kier alpha value is -2.60. The van der Waals surface area contributed by atoms with Crippen LogP contribution in [0, 0.1) is 0 Å². The molecule has 13 nitrogen and oxygen atoms in total. The van der Waals surface area contributed by atoms with Crippen LogP contribution in [0.5, 0.6) is 0 Å². The molecule has 0 amide bonds. The Morgan fingerprint density at radius 1 is 1.29 bits per heavy atom. The van der Waals surface area contributed by atoms with Crippen molar-refractivity contribution in [3.63, 3.8) is 0 Å². The maximum atomic E-state index is 14.0. The predicted molar refractivity (Wildman–Crippen MR) is 125 cm³/mol. The molecule has 0 aromatic carbocycles. The number of imidazole rings is 1. The maximum absolute atomic E-state index is 14.0. The first kappa shape index (κ1) is 26.0. The molecule has 3 rings (SSSR count). The van der Waals surface area contributed by atoms with Crippen LogP contribution in [-0.2, 0) is 30.0 Å². The van der Waals surface area contributed by atoms with E-state index in [2.05, 4.69) is 20.1 Å². The minimum absolute atomic E-state index is 0.276. The van der Waals surface area contributed by atoms with Gasteiger partial charge >= 0.3 is 13.5 Å². The molecule has 0 radical (unpaired) electrons. The number of carboxylic acid groups (broad SMARTS) is 1. The van der Waals surface area contributed by atoms with E-state index in [0.717, 1.165) is 0 Å². The molecular weight excluding hydrogens is 465 g/mol. The van der Waals surface area contributed by atoms with E-state index in [1.807, 2.05) is 0 Å². The molecule has 1 aliphatic heterocycles. The Balaban J connectivity index is 1.78. The number of rotatable bonds is 11. The minimum Gasteiger partial charge on any atom is -0.480 e. The SMILES string of the molecule is CC(C)N([C@@H](C)C(=O)O)P(=O)(CO[C@H](C)Cn1cnc2c(N)ncnc21)ON=C1CCOCC1. The number of aromatic nitrogens is 4. The number of aliphatic carboxylic acids is 1. The summed E-state index contributed by atoms with van der Waals surface area (Å²) in [5, 5.41) is 13.7. The highest BCUT2D eigenvalue weighted by atomic mass is 31.2. The van der Waals surface area contributed by atoms with Gasteiger partial charge in [-0.05, 0) is 27.7 Å². The average molecular weight is 497 g/mol. The lowest BCUT2D eigenvalue weighted by Crippen LogP contribution is -2.42. The molecular formula is C20H32N7O6P. The highest BCUT2D eigenvalue weighted by Crippen LogP contribution is 2.54. The predicted octanol–water partition coefficient (Wildman–Crippen LogP) is 2.33. The number of oxime groups is 1. The summed E-state index contributed by atoms with van der Waals surface area (Å²) < 4.78 is 33.9. The molecule has 1 fully saturated rings. The van der Waals surface area contributed by atoms with Gasteiger partial charge in [-0.3, -0.25) is 9.36 Å². The lowest BCUT2D eigenvalue weighted by atomic mass is 10.2. The standard InChI is InChI=1S/C20H32N7O6P/c1-13(2)27(15(4)20(28)29)34(30,33-25-16-5-7-31-8-6-16)12-32-14(3)9-26-11-24-17-18(21)22-10-23-19(17)26/h10-11,13-15H,5-9,12H2,1-4H3,(H,28,29)(H2,21,22,23)/t14-,15+,34?/m1/s1. The first-order valence-electron chi connectivity index (χ1n) is 11.1. The lowest BCUT2D eigenvalue weighted by Gasteiger charge is -2.35. The lowest BCUT2D eigenvalue weighted by molar-refractivity contribution is -0.141. The Morgan fingerprint density at radius 2 is 2.00 bits per heavy atom. The number of nitrogens with two attached hydrogens (primary N) is 1. The number of hydrogen-bond donors (Lipinski definition) is 2. The van der Waals surface area contributed by atoms with Crippen LogP contribution in [0.2, 0.25) is 0 Å². The Kier molecular flexibility index (Phi) is 8.58. The average Bonchev–Trinajstić information content (AvgIpc) is 3.21. The molecule has 1 saturated heterocycles. The molecule has 34 heavy (non-hydrogen) atoms. The van der Waals surface area contributed by atoms with Gasteiger partial charge in [-0.1, -0.05) is 5.16 Å². The Labute approximate surface area is 197 Å². The largest absolute Gasteiger partial charge is 0.480 e. The normalized spacial score (nSPS) is 18.1. The van der Waals surface area contributed by atoms with Crippen molar-refractivity contribution >= 4 is 36.2 Å². The van der Waals surface area contributed by atoms with Gasteiger partial charge in [0, 0.05) is 18.9 Å². The maximum Gasteiger partial charge on any atom is 0.367 e. The van der Waals surface area contributed by atoms with E-state index < -0.39 is 31.7 Å². The van der Waals surface area contributed by atoms with Crippen LogP contribution in [-0.4, -0.2) is 78.7 Å². The number of carbonyl (C=O) groups is 1. The Morgan fingerprint density at radius 3 is 2.65 bits per heavy atom. The third kappa shape index (κ3) is 6.09. The number of fused-ring (bicyclic) bond motifs is 1. The second kappa shape index (κ2) is 11.2. The van der Waals surface area contributed by atoms with E-state index in [0.29, 0.717) is 49.5 Å². The van der Waals surface area contributed by atoms with Crippen LogP contribution in [0.4, 0.5) is 5.82 Å². The molecule has 1 unspecified atom stereocenters. The van der Waals surface area contributed by atoms with Crippen LogP contribution in [0.25, 0.3) is 11.2 Å². The number of ether oxygens (including phenoxy) is 2. The first-order valence-corrected chi connectivity index (χ1v) is 12.8. The molecule has 188 valence electrons. The zero-order valence-electron chi connectivity index (χ0n) is 19.8. The van der Waals surface area contributed by atoms with E-state index >= 15 is 0 Å². The van der Waals surface area contributed by atoms with E-state index in [1.165, 1.54) is 17.9 Å². The second-order valence-corrected chi connectivity index (χ2v) is 10.6. The van der Waals surface area contributed by atoms with Gasteiger partial charge in [-0.25, -0.2) is 19.6 Å². The van der Waals surface area contributed by atoms with Crippen LogP contribution >= 0.6 is 7.52 Å². The smallest absolute Gasteiger partial charge is 0.367 e. The van der Waals surface area contributed by atoms with Gasteiger partial charge in [0.2, 0.25) is 0 Å². The zero-order valence-corrected chi connectivity index (χ0v) is 20.7. The van der Waals surface area contributed by atoms with Crippen LogP contribution < -0.4 is 5.73 Å². The van der Waals surface area contributed by atoms with Crippen molar-refractivity contribution in [1.29, 1.82) is 0 Å². The van der Waals surface area contributed by atoms with Gasteiger partial charge < -0.3 is 29.5 Å². The Bertz CT molecular complexity index is 1070. The summed E-state index contributed by atoms with van der Waals surface area (Å²) in [4.78, 5) is 24.1. The third-order valence-corrected chi connectivity index (χ3v) is 7.73. The molecule has 1 aliphatic rings. The molecule has 0 bridgehead atoms. The molecule has 0 spiro atoms. The van der Waals surface area contributed by atoms with Gasteiger partial charge in [0.15, 0.2) is 11.5 Å². The molecule has 3 atom stereocenters. The number of hydrogen-bond acceptors (Lipinski definition) is 10. The second-order valence-electron chi connectivity index (χ2n) is 8.41. The fourth-order valence-corrected chi connectivity index (χ4v) is 5.99. The third-order valence-electron chi connectivity index (χ3n) is 5.41. The summed E-state index contributed by atoms with van der Waals surface area (Å²) >= 11 is 0. The summed E-state index contributed by atoms with van der Waals surface area (Å²) in [6, 6.07) is -1.47. The van der Waals surface area contributed by atoms with Crippen LogP contribution in [0.3, 0.4) is 0 Å². The van der Waals surface area contributed by atoms with Gasteiger partial charge in [0.25, 0.3) is 0 Å². The van der Waals surface area contributed by atoms with Crippen molar-refractivity contribution in [3.05, 3.63) is 12.7 Å². The highest BCUT2D eigenvalue weighted by molar-refractivity contribution is 7.56. The molecule has 2 aromatic heterocycles. The van der Waals surface area contributed by atoms with Gasteiger partial charge in [-0.15, -0.1) is 0 Å². The number of carboxylic acids is 1. The molecule has 14 heteroatoms. The quantitative estimate of drug-likeness (QED) is 0.345. The van der Waals surface area contributed by atoms with Crippen molar-refractivity contribution in [2.45, 2.75) is 65.3 Å². The van der Waals surface area contributed by atoms with E-state index in [4.69, 9.17) is 19.8 Å². The topological polar surface area (TPSA) is 167 Å². The van der Waals surface area contributed by atoms with Crippen molar-refractivity contribution in [2.24, 2.45) is 5.16 Å². The fraction of sp³-hybridized carbons (Fsp3) is 0.650. The molecule has 0 aliphatic carbocycles. The summed E-state index contributed by atoms with van der Waals surface area (Å²) in [6.07, 6.45) is 3.28. The first-order chi connectivity index (χ1) is 16.1. The molecule has 3 heterocycles. The monoisotopic (exact) mass is 497 g/mol. The fourth-order valence-electron chi connectivity index (χ4n) is 3.71. The van der Waals surface area contributed by atoms with Crippen molar-refractivity contribution < 1.29 is 28.6 Å². The summed E-state index contributed by atoms with van der Waals surface area (Å²) in [5.41, 5.74) is 7.59. The molecule has 2 aromatic rings. The van der Waals surface area contributed by atoms with Gasteiger partial charge in [-0.2, -0.15) is 0 Å². The summed E-state index contributed by atoms with van der Waals surface area (Å²) in [6.45, 7) is 8.12. The number of anilines is 1. The highest BCUT2D eigenvalue weighted by Gasteiger charge is 2.42. The summed E-state index contributed by atoms with van der Waals surface area (Å²) in [7, 11) is -3.83. The van der Waals surface area contributed by atoms with Crippen LogP contribution in [0.1, 0.15) is 40.5 Å². The number of nitrogen functional groups attached to an aromatic ring is 1. The zero-order chi connectivity index (χ0) is 24.9. The molecule has 0 saturated carbocycles. The van der Waals surface area contributed by atoms with Crippen molar-refractivity contribution in [3.8, 4) is 0 Å². The van der Waals surface area contributed by atoms with Crippen LogP contribution in [0.15, 0.2) is 17.8 Å². The van der Waals surface area contributed by atoms with E-state index in [9.17, 15) is 14.5 Å². The number of nitrogens with zero attached hydrogens (tertiary/aromatic N) is 6. The van der Waals surface area contributed by atoms with Gasteiger partial charge in [0.05, 0.1) is 37.9 Å². The summed E-state index contributed by atoms with van der Waals surface area (Å²) in [5.74, 6) is -0.843. The van der Waals surface area contributed by atoms with E-state index in [1.54, 1.807) is 31.7 Å². The minimum atomic E-state index is -3.83. The molecule has 3 N–H and O–H groups in total. The van der Waals surface area contributed by atoms with E-state index in [-0.39, 0.29) is 12.2 Å². The van der Waals surface area contributed by atoms with Gasteiger partial charge in [0.1, 0.15) is 24.2 Å². The van der Waals surface area contributed by atoms with Crippen molar-refractivity contribution in [2.75, 3.05) is 25.3 Å².